The van der Waals surface area contributed by atoms with Gasteiger partial charge < -0.3 is 5.32 Å². The van der Waals surface area contributed by atoms with Gasteiger partial charge in [-0.3, -0.25) is 4.98 Å². The van der Waals surface area contributed by atoms with Gasteiger partial charge in [0.25, 0.3) is 0 Å². The van der Waals surface area contributed by atoms with Gasteiger partial charge in [-0.2, -0.15) is 5.10 Å². The van der Waals surface area contributed by atoms with Crippen LogP contribution in [0.5, 0.6) is 0 Å². The fraction of sp³-hybridized carbons (Fsp3) is 0.714. The maximum absolute atomic E-state index is 10.7. The van der Waals surface area contributed by atoms with Crippen LogP contribution in [0, 0.1) is 0 Å². The van der Waals surface area contributed by atoms with Gasteiger partial charge in [-0.15, -0.1) is 0 Å². The maximum Gasteiger partial charge on any atom is 0.340 e. The van der Waals surface area contributed by atoms with Gasteiger partial charge in [0.2, 0.25) is 0 Å². The second-order valence-electron chi connectivity index (χ2n) is 2.77. The minimum absolute atomic E-state index is 0.240. The lowest BCUT2D eigenvalue weighted by atomic mass is 10.2. The fourth-order valence-corrected chi connectivity index (χ4v) is 0.974. The van der Waals surface area contributed by atoms with Crippen molar-refractivity contribution in [2.24, 2.45) is 0 Å². The third-order valence-corrected chi connectivity index (χ3v) is 1.69. The molecule has 1 unspecified atom stereocenters. The number of aromatic nitrogens is 3. The van der Waals surface area contributed by atoms with Crippen LogP contribution in [0.2, 0.25) is 0 Å². The molecule has 5 nitrogen and oxygen atoms in total. The molecule has 5 heteroatoms. The van der Waals surface area contributed by atoms with E-state index in [4.69, 9.17) is 0 Å². The zero-order valence-corrected chi connectivity index (χ0v) is 7.35. The van der Waals surface area contributed by atoms with Gasteiger partial charge in [-0.05, 0) is 6.54 Å². The minimum atomic E-state index is -0.242. The Morgan fingerprint density at radius 3 is 2.92 bits per heavy atom. The molecule has 0 bridgehead atoms. The number of hydrogen-bond donors (Lipinski definition) is 3. The van der Waals surface area contributed by atoms with Crippen LogP contribution in [-0.4, -0.2) is 28.3 Å². The molecule has 0 saturated carbocycles. The molecule has 68 valence electrons. The Kier molecular flexibility index (Phi) is 3.04. The summed E-state index contributed by atoms with van der Waals surface area (Å²) in [6.45, 7) is 5.81. The zero-order chi connectivity index (χ0) is 8.97. The summed E-state index contributed by atoms with van der Waals surface area (Å²) < 4.78 is 0. The van der Waals surface area contributed by atoms with Gasteiger partial charge in [0.15, 0.2) is 0 Å². The Labute approximate surface area is 70.6 Å². The summed E-state index contributed by atoms with van der Waals surface area (Å²) in [6.07, 6.45) is 0. The van der Waals surface area contributed by atoms with E-state index in [9.17, 15) is 4.79 Å². The molecule has 0 aliphatic heterocycles. The molecule has 12 heavy (non-hydrogen) atoms. The first kappa shape index (κ1) is 8.99. The Hall–Kier alpha value is -1.10. The van der Waals surface area contributed by atoms with Crippen molar-refractivity contribution >= 4 is 0 Å². The van der Waals surface area contributed by atoms with Crippen molar-refractivity contribution < 1.29 is 0 Å². The Morgan fingerprint density at radius 1 is 1.67 bits per heavy atom. The van der Waals surface area contributed by atoms with Gasteiger partial charge in [-0.1, -0.05) is 13.8 Å². The normalized spacial score (nSPS) is 13.2. The van der Waals surface area contributed by atoms with Crippen molar-refractivity contribution in [3.8, 4) is 0 Å². The standard InChI is InChI=1S/C7H14N4O/c1-3-8-4-5(2)6-9-7(12)11-10-6/h5,8H,3-4H2,1-2H3,(H2,9,10,11,12). The molecule has 1 heterocycles. The van der Waals surface area contributed by atoms with E-state index in [1.165, 1.54) is 0 Å². The van der Waals surface area contributed by atoms with Crippen molar-refractivity contribution in [3.05, 3.63) is 16.3 Å². The largest absolute Gasteiger partial charge is 0.340 e. The number of nitrogens with one attached hydrogen (secondary N) is 3. The van der Waals surface area contributed by atoms with E-state index in [2.05, 4.69) is 20.5 Å². The van der Waals surface area contributed by atoms with E-state index >= 15 is 0 Å². The predicted molar refractivity (Wildman–Crippen MR) is 46.2 cm³/mol. The second-order valence-corrected chi connectivity index (χ2v) is 2.77. The lowest BCUT2D eigenvalue weighted by molar-refractivity contribution is 0.610. The quantitative estimate of drug-likeness (QED) is 0.586. The first-order valence-corrected chi connectivity index (χ1v) is 4.09. The molecule has 0 fully saturated rings. The molecule has 0 aliphatic rings. The van der Waals surface area contributed by atoms with Crippen LogP contribution in [0.25, 0.3) is 0 Å². The van der Waals surface area contributed by atoms with Crippen LogP contribution in [-0.2, 0) is 0 Å². The van der Waals surface area contributed by atoms with E-state index in [0.29, 0.717) is 5.82 Å². The highest BCUT2D eigenvalue weighted by Crippen LogP contribution is 2.04. The highest BCUT2D eigenvalue weighted by Gasteiger charge is 2.07. The summed E-state index contributed by atoms with van der Waals surface area (Å²) in [5, 5.41) is 9.35. The number of nitrogens with zero attached hydrogens (tertiary/aromatic N) is 1. The third kappa shape index (κ3) is 2.20. The number of likely N-dealkylation sites (N-methyl/N-ethyl adjacent to an activating group) is 1. The summed E-state index contributed by atoms with van der Waals surface area (Å²) >= 11 is 0. The van der Waals surface area contributed by atoms with E-state index in [-0.39, 0.29) is 11.6 Å². The molecule has 0 saturated heterocycles. The van der Waals surface area contributed by atoms with E-state index in [1.54, 1.807) is 0 Å². The van der Waals surface area contributed by atoms with Crippen LogP contribution in [0.3, 0.4) is 0 Å². The van der Waals surface area contributed by atoms with Crippen molar-refractivity contribution in [1.29, 1.82) is 0 Å². The molecular weight excluding hydrogens is 156 g/mol. The molecule has 1 aromatic heterocycles. The smallest absolute Gasteiger partial charge is 0.316 e. The Morgan fingerprint density at radius 2 is 2.42 bits per heavy atom. The van der Waals surface area contributed by atoms with Crippen LogP contribution in [0.4, 0.5) is 0 Å². The van der Waals surface area contributed by atoms with Crippen LogP contribution < -0.4 is 11.0 Å². The molecule has 1 atom stereocenters. The van der Waals surface area contributed by atoms with Gasteiger partial charge >= 0.3 is 5.69 Å². The van der Waals surface area contributed by atoms with Gasteiger partial charge in [0.05, 0.1) is 0 Å². The summed E-state index contributed by atoms with van der Waals surface area (Å²) in [5.41, 5.74) is -0.242. The first-order valence-electron chi connectivity index (χ1n) is 4.09. The average molecular weight is 170 g/mol. The maximum atomic E-state index is 10.7. The van der Waals surface area contributed by atoms with Crippen molar-refractivity contribution in [2.45, 2.75) is 19.8 Å². The molecule has 1 aromatic rings. The first-order chi connectivity index (χ1) is 5.74. The summed E-state index contributed by atoms with van der Waals surface area (Å²) in [6, 6.07) is 0. The Balaban J connectivity index is 2.53. The topological polar surface area (TPSA) is 73.6 Å². The molecule has 0 aromatic carbocycles. The van der Waals surface area contributed by atoms with Crippen molar-refractivity contribution in [2.75, 3.05) is 13.1 Å². The number of rotatable bonds is 4. The Bertz CT molecular complexity index is 277. The minimum Gasteiger partial charge on any atom is -0.316 e. The molecule has 0 radical (unpaired) electrons. The summed E-state index contributed by atoms with van der Waals surface area (Å²) in [5.74, 6) is 0.949. The fourth-order valence-electron chi connectivity index (χ4n) is 0.974. The van der Waals surface area contributed by atoms with E-state index in [0.717, 1.165) is 13.1 Å². The lowest BCUT2D eigenvalue weighted by Crippen LogP contribution is -2.20. The van der Waals surface area contributed by atoms with Crippen LogP contribution in [0.15, 0.2) is 4.79 Å². The zero-order valence-electron chi connectivity index (χ0n) is 7.35. The summed E-state index contributed by atoms with van der Waals surface area (Å²) in [7, 11) is 0. The highest BCUT2D eigenvalue weighted by atomic mass is 16.1. The molecule has 0 amide bonds. The monoisotopic (exact) mass is 170 g/mol. The SMILES string of the molecule is CCNCC(C)c1n[nH]c(=O)[nH]1. The predicted octanol–water partition coefficient (Wildman–Crippen LogP) is -0.189. The lowest BCUT2D eigenvalue weighted by Gasteiger charge is -2.06. The van der Waals surface area contributed by atoms with Crippen LogP contribution in [0.1, 0.15) is 25.6 Å². The van der Waals surface area contributed by atoms with E-state index < -0.39 is 0 Å². The number of aromatic amines is 2. The summed E-state index contributed by atoms with van der Waals surface area (Å²) in [4.78, 5) is 13.3. The molecule has 0 aliphatic carbocycles. The van der Waals surface area contributed by atoms with Gasteiger partial charge in [0, 0.05) is 12.5 Å². The van der Waals surface area contributed by atoms with Gasteiger partial charge in [0.1, 0.15) is 5.82 Å². The van der Waals surface area contributed by atoms with Crippen molar-refractivity contribution in [1.82, 2.24) is 20.5 Å². The number of hydrogen-bond acceptors (Lipinski definition) is 3. The molecular formula is C7H14N4O. The van der Waals surface area contributed by atoms with Gasteiger partial charge in [-0.25, -0.2) is 9.89 Å². The van der Waals surface area contributed by atoms with Crippen molar-refractivity contribution in [3.63, 3.8) is 0 Å². The van der Waals surface area contributed by atoms with E-state index in [1.807, 2.05) is 13.8 Å². The average Bonchev–Trinajstić information content (AvgIpc) is 2.47. The number of H-pyrrole nitrogens is 2. The second kappa shape index (κ2) is 4.06. The third-order valence-electron chi connectivity index (χ3n) is 1.69. The molecule has 0 spiro atoms. The molecule has 3 N–H and O–H groups in total. The highest BCUT2D eigenvalue weighted by molar-refractivity contribution is 4.91. The van der Waals surface area contributed by atoms with Crippen LogP contribution >= 0.6 is 0 Å². The molecule has 1 rings (SSSR count).